The molecule has 0 aliphatic heterocycles. The standard InChI is InChI=1S/C31H34N2O3/c1-4-34-22-8-9-23-12-14-26(15-13-23)31-32-29(24-10-7-11-27(19-16-24)35-5-2)30(33-31)25-17-20-28(21-18-25)36-6-3/h7-21,24H,4-6,22H2,1-3H3,(H,32,33)/b9-8+. The fourth-order valence-corrected chi connectivity index (χ4v) is 4.03. The monoisotopic (exact) mass is 482 g/mol. The van der Waals surface area contributed by atoms with Crippen molar-refractivity contribution in [3.05, 3.63) is 102 Å². The van der Waals surface area contributed by atoms with Crippen LogP contribution in [0.5, 0.6) is 5.75 Å². The first kappa shape index (κ1) is 25.3. The van der Waals surface area contributed by atoms with Gasteiger partial charge in [0.05, 0.1) is 31.2 Å². The number of ether oxygens (including phenoxy) is 3. The number of rotatable bonds is 11. The zero-order valence-corrected chi connectivity index (χ0v) is 21.2. The molecule has 0 bridgehead atoms. The van der Waals surface area contributed by atoms with E-state index in [4.69, 9.17) is 19.2 Å². The van der Waals surface area contributed by atoms with Gasteiger partial charge in [0, 0.05) is 23.7 Å². The van der Waals surface area contributed by atoms with E-state index in [9.17, 15) is 0 Å². The number of nitrogens with one attached hydrogen (secondary N) is 1. The fourth-order valence-electron chi connectivity index (χ4n) is 4.03. The van der Waals surface area contributed by atoms with Gasteiger partial charge in [0.2, 0.25) is 0 Å². The highest BCUT2D eigenvalue weighted by Gasteiger charge is 2.19. The van der Waals surface area contributed by atoms with Crippen molar-refractivity contribution in [3.8, 4) is 28.4 Å². The Bertz CT molecular complexity index is 1230. The molecule has 0 saturated carbocycles. The Balaban J connectivity index is 1.67. The summed E-state index contributed by atoms with van der Waals surface area (Å²) >= 11 is 0. The minimum absolute atomic E-state index is 0.0304. The van der Waals surface area contributed by atoms with Crippen LogP contribution in [0.4, 0.5) is 0 Å². The lowest BCUT2D eigenvalue weighted by Gasteiger charge is -2.09. The highest BCUT2D eigenvalue weighted by molar-refractivity contribution is 5.70. The lowest BCUT2D eigenvalue weighted by molar-refractivity contribution is 0.178. The van der Waals surface area contributed by atoms with Gasteiger partial charge in [0.1, 0.15) is 17.3 Å². The van der Waals surface area contributed by atoms with Gasteiger partial charge in [0.15, 0.2) is 0 Å². The lowest BCUT2D eigenvalue weighted by atomic mass is 9.99. The average Bonchev–Trinajstić information content (AvgIpc) is 3.21. The Hall–Kier alpha value is -3.83. The zero-order valence-electron chi connectivity index (χ0n) is 21.2. The number of hydrogen-bond acceptors (Lipinski definition) is 4. The van der Waals surface area contributed by atoms with E-state index in [0.717, 1.165) is 52.0 Å². The molecule has 1 aliphatic carbocycles. The van der Waals surface area contributed by atoms with Crippen molar-refractivity contribution >= 4 is 6.08 Å². The van der Waals surface area contributed by atoms with Gasteiger partial charge in [0.25, 0.3) is 0 Å². The van der Waals surface area contributed by atoms with Gasteiger partial charge < -0.3 is 19.2 Å². The number of nitrogens with zero attached hydrogens (tertiary/aromatic N) is 1. The van der Waals surface area contributed by atoms with Gasteiger partial charge >= 0.3 is 0 Å². The maximum absolute atomic E-state index is 5.70. The predicted molar refractivity (Wildman–Crippen MR) is 147 cm³/mol. The fraction of sp³-hybridized carbons (Fsp3) is 0.258. The normalized spacial score (nSPS) is 15.2. The Morgan fingerprint density at radius 1 is 0.861 bits per heavy atom. The number of imidazole rings is 1. The van der Waals surface area contributed by atoms with Crippen LogP contribution >= 0.6 is 0 Å². The smallest absolute Gasteiger partial charge is 0.138 e. The molecule has 186 valence electrons. The molecule has 0 fully saturated rings. The largest absolute Gasteiger partial charge is 0.494 e. The molecule has 36 heavy (non-hydrogen) atoms. The number of aromatic nitrogens is 2. The molecule has 0 amide bonds. The van der Waals surface area contributed by atoms with Crippen LogP contribution in [0.25, 0.3) is 28.7 Å². The lowest BCUT2D eigenvalue weighted by Crippen LogP contribution is -1.96. The third kappa shape index (κ3) is 6.43. The number of H-pyrrole nitrogens is 1. The van der Waals surface area contributed by atoms with Gasteiger partial charge in [-0.15, -0.1) is 0 Å². The van der Waals surface area contributed by atoms with Crippen LogP contribution < -0.4 is 4.74 Å². The highest BCUT2D eigenvalue weighted by atomic mass is 16.5. The van der Waals surface area contributed by atoms with Crippen molar-refractivity contribution in [1.82, 2.24) is 9.97 Å². The molecule has 5 heteroatoms. The molecule has 0 radical (unpaired) electrons. The van der Waals surface area contributed by atoms with Crippen LogP contribution in [0.3, 0.4) is 0 Å². The maximum Gasteiger partial charge on any atom is 0.138 e. The second-order valence-electron chi connectivity index (χ2n) is 8.26. The summed E-state index contributed by atoms with van der Waals surface area (Å²) in [5, 5.41) is 0. The van der Waals surface area contributed by atoms with E-state index in [1.54, 1.807) is 0 Å². The van der Waals surface area contributed by atoms with E-state index in [0.29, 0.717) is 19.8 Å². The molecule has 3 aromatic rings. The van der Waals surface area contributed by atoms with E-state index in [1.165, 1.54) is 0 Å². The molecular weight excluding hydrogens is 448 g/mol. The molecule has 1 N–H and O–H groups in total. The molecule has 2 aromatic carbocycles. The molecule has 1 aromatic heterocycles. The Kier molecular flexibility index (Phi) is 8.95. The molecule has 5 nitrogen and oxygen atoms in total. The van der Waals surface area contributed by atoms with Crippen LogP contribution in [0.1, 0.15) is 37.9 Å². The number of allylic oxidation sites excluding steroid dienone is 5. The maximum atomic E-state index is 5.70. The van der Waals surface area contributed by atoms with Crippen LogP contribution in [-0.4, -0.2) is 36.4 Å². The molecule has 1 aliphatic rings. The van der Waals surface area contributed by atoms with Crippen molar-refractivity contribution in [2.75, 3.05) is 26.4 Å². The van der Waals surface area contributed by atoms with Crippen molar-refractivity contribution in [2.24, 2.45) is 0 Å². The summed E-state index contributed by atoms with van der Waals surface area (Å²) in [4.78, 5) is 8.67. The quantitative estimate of drug-likeness (QED) is 0.291. The second kappa shape index (κ2) is 12.8. The van der Waals surface area contributed by atoms with Crippen LogP contribution in [0.2, 0.25) is 0 Å². The summed E-state index contributed by atoms with van der Waals surface area (Å²) in [6.07, 6.45) is 14.5. The minimum atomic E-state index is 0.0304. The van der Waals surface area contributed by atoms with E-state index in [-0.39, 0.29) is 5.92 Å². The Morgan fingerprint density at radius 2 is 1.61 bits per heavy atom. The summed E-state index contributed by atoms with van der Waals surface area (Å²) in [6, 6.07) is 16.5. The summed E-state index contributed by atoms with van der Waals surface area (Å²) in [6.45, 7) is 8.59. The van der Waals surface area contributed by atoms with E-state index >= 15 is 0 Å². The molecular formula is C31H34N2O3. The number of aromatic amines is 1. The third-order valence-electron chi connectivity index (χ3n) is 5.77. The van der Waals surface area contributed by atoms with Crippen LogP contribution in [0.15, 0.2) is 90.7 Å². The molecule has 0 spiro atoms. The first-order chi connectivity index (χ1) is 17.7. The van der Waals surface area contributed by atoms with E-state index in [2.05, 4.69) is 59.6 Å². The molecule has 1 unspecified atom stereocenters. The number of benzene rings is 2. The van der Waals surface area contributed by atoms with Gasteiger partial charge in [-0.1, -0.05) is 54.6 Å². The van der Waals surface area contributed by atoms with Gasteiger partial charge in [-0.25, -0.2) is 4.98 Å². The van der Waals surface area contributed by atoms with Crippen molar-refractivity contribution < 1.29 is 14.2 Å². The highest BCUT2D eigenvalue weighted by Crippen LogP contribution is 2.34. The average molecular weight is 483 g/mol. The summed E-state index contributed by atoms with van der Waals surface area (Å²) < 4.78 is 16.7. The Labute approximate surface area is 213 Å². The van der Waals surface area contributed by atoms with Crippen molar-refractivity contribution in [3.63, 3.8) is 0 Å². The predicted octanol–water partition coefficient (Wildman–Crippen LogP) is 7.32. The minimum Gasteiger partial charge on any atom is -0.494 e. The van der Waals surface area contributed by atoms with E-state index in [1.807, 2.05) is 57.2 Å². The first-order valence-corrected chi connectivity index (χ1v) is 12.6. The van der Waals surface area contributed by atoms with Crippen molar-refractivity contribution in [2.45, 2.75) is 26.7 Å². The SMILES string of the molecule is CCOC/C=C/c1ccc(-c2nc(-c3ccc(OCC)cc3)c(C3C=CC=C(OCC)C=C3)[nH]2)cc1. The molecule has 1 atom stereocenters. The summed E-state index contributed by atoms with van der Waals surface area (Å²) in [5.74, 6) is 2.57. The van der Waals surface area contributed by atoms with E-state index < -0.39 is 0 Å². The van der Waals surface area contributed by atoms with Gasteiger partial charge in [-0.2, -0.15) is 0 Å². The summed E-state index contributed by atoms with van der Waals surface area (Å²) in [5.41, 5.74) is 5.16. The topological polar surface area (TPSA) is 56.4 Å². The third-order valence-corrected chi connectivity index (χ3v) is 5.77. The van der Waals surface area contributed by atoms with Gasteiger partial charge in [-0.05, 0) is 62.8 Å². The van der Waals surface area contributed by atoms with Crippen LogP contribution in [-0.2, 0) is 9.47 Å². The number of hydrogen-bond donors (Lipinski definition) is 1. The molecule has 4 rings (SSSR count). The summed E-state index contributed by atoms with van der Waals surface area (Å²) in [7, 11) is 0. The Morgan fingerprint density at radius 3 is 2.33 bits per heavy atom. The zero-order chi connectivity index (χ0) is 25.2. The van der Waals surface area contributed by atoms with Crippen molar-refractivity contribution in [1.29, 1.82) is 0 Å². The molecule has 1 heterocycles. The second-order valence-corrected chi connectivity index (χ2v) is 8.26. The van der Waals surface area contributed by atoms with Crippen LogP contribution in [0, 0.1) is 0 Å². The van der Waals surface area contributed by atoms with Gasteiger partial charge in [-0.3, -0.25) is 0 Å². The first-order valence-electron chi connectivity index (χ1n) is 12.6. The molecule has 0 saturated heterocycles.